The molecule has 0 aromatic carbocycles. The number of likely N-dealkylation sites (N-methyl/N-ethyl adjacent to an activating group) is 2. The first-order valence-corrected chi connectivity index (χ1v) is 10.9. The molecule has 2 unspecified atom stereocenters. The third-order valence-corrected chi connectivity index (χ3v) is 5.95. The van der Waals surface area contributed by atoms with Crippen LogP contribution in [-0.2, 0) is 0 Å². The average Bonchev–Trinajstić information content (AvgIpc) is 3.24. The molecule has 3 rings (SSSR count). The number of hydrogen-bond acceptors (Lipinski definition) is 5. The van der Waals surface area contributed by atoms with Crippen molar-refractivity contribution in [3.05, 3.63) is 24.2 Å². The van der Waals surface area contributed by atoms with Gasteiger partial charge >= 0.3 is 0 Å². The topological polar surface area (TPSA) is 59.3 Å². The minimum atomic E-state index is 0. The number of hydrogen-bond donors (Lipinski definition) is 2. The molecule has 2 fully saturated rings. The number of piperidine rings is 1. The van der Waals surface area contributed by atoms with Gasteiger partial charge in [0.2, 0.25) is 0 Å². The summed E-state index contributed by atoms with van der Waals surface area (Å²) in [6, 6.07) is 4.79. The third-order valence-electron chi connectivity index (χ3n) is 5.95. The Bertz CT molecular complexity index is 590. The number of halogens is 1. The summed E-state index contributed by atoms with van der Waals surface area (Å²) in [6.45, 7) is 10.2. The summed E-state index contributed by atoms with van der Waals surface area (Å²) in [5, 5.41) is 6.98. The van der Waals surface area contributed by atoms with Gasteiger partial charge in [-0.1, -0.05) is 6.42 Å². The van der Waals surface area contributed by atoms with Crippen LogP contribution in [0.5, 0.6) is 0 Å². The Labute approximate surface area is 193 Å². The number of likely N-dealkylation sites (tertiary alicyclic amines) is 1. The quantitative estimate of drug-likeness (QED) is 0.328. The van der Waals surface area contributed by atoms with E-state index in [-0.39, 0.29) is 30.0 Å². The van der Waals surface area contributed by atoms with Crippen molar-refractivity contribution in [1.29, 1.82) is 0 Å². The lowest BCUT2D eigenvalue weighted by molar-refractivity contribution is 0.116. The fourth-order valence-corrected chi connectivity index (χ4v) is 4.15. The van der Waals surface area contributed by atoms with E-state index in [4.69, 9.17) is 9.41 Å². The number of rotatable bonds is 7. The van der Waals surface area contributed by atoms with Crippen LogP contribution in [0.25, 0.3) is 0 Å². The first-order chi connectivity index (χ1) is 13.7. The molecule has 2 saturated heterocycles. The maximum absolute atomic E-state index is 5.76. The zero-order valence-corrected chi connectivity index (χ0v) is 20.6. The number of guanidine groups is 1. The molecule has 0 spiro atoms. The van der Waals surface area contributed by atoms with E-state index in [0.29, 0.717) is 12.6 Å². The van der Waals surface area contributed by atoms with Crippen LogP contribution in [0.3, 0.4) is 0 Å². The summed E-state index contributed by atoms with van der Waals surface area (Å²) < 4.78 is 5.76. The molecule has 0 aliphatic carbocycles. The highest BCUT2D eigenvalue weighted by molar-refractivity contribution is 14.0. The zero-order chi connectivity index (χ0) is 19.8. The van der Waals surface area contributed by atoms with E-state index in [1.54, 1.807) is 6.26 Å². The van der Waals surface area contributed by atoms with E-state index in [1.807, 2.05) is 6.07 Å². The second-order valence-corrected chi connectivity index (χ2v) is 8.13. The van der Waals surface area contributed by atoms with Gasteiger partial charge < -0.3 is 20.0 Å². The molecule has 0 radical (unpaired) electrons. The standard InChI is InChI=1S/C21H38N6O.HI/c1-4-22-21(23-15-18-17-25(2)12-13-26(18)3)24-16-19(20-9-8-14-28-20)27-10-6-5-7-11-27;/h8-9,14,18-19H,4-7,10-13,15-17H2,1-3H3,(H2,22,23,24);1H. The Morgan fingerprint density at radius 2 is 1.97 bits per heavy atom. The van der Waals surface area contributed by atoms with Gasteiger partial charge in [0.25, 0.3) is 0 Å². The van der Waals surface area contributed by atoms with Crippen LogP contribution in [-0.4, -0.2) is 93.2 Å². The first-order valence-electron chi connectivity index (χ1n) is 10.9. The molecule has 29 heavy (non-hydrogen) atoms. The third kappa shape index (κ3) is 7.41. The second-order valence-electron chi connectivity index (χ2n) is 8.13. The molecule has 0 amide bonds. The fraction of sp³-hybridized carbons (Fsp3) is 0.762. The molecule has 3 heterocycles. The lowest BCUT2D eigenvalue weighted by atomic mass is 10.1. The highest BCUT2D eigenvalue weighted by Gasteiger charge is 2.25. The van der Waals surface area contributed by atoms with Crippen LogP contribution in [0.2, 0.25) is 0 Å². The van der Waals surface area contributed by atoms with Gasteiger partial charge in [0.1, 0.15) is 5.76 Å². The lowest BCUT2D eigenvalue weighted by Crippen LogP contribution is -2.55. The Morgan fingerprint density at radius 3 is 2.66 bits per heavy atom. The van der Waals surface area contributed by atoms with Crippen molar-refractivity contribution < 1.29 is 4.42 Å². The van der Waals surface area contributed by atoms with Crippen LogP contribution in [0.4, 0.5) is 0 Å². The van der Waals surface area contributed by atoms with Gasteiger partial charge in [-0.15, -0.1) is 24.0 Å². The maximum atomic E-state index is 5.76. The summed E-state index contributed by atoms with van der Waals surface area (Å²) in [5.74, 6) is 1.92. The van der Waals surface area contributed by atoms with Gasteiger partial charge in [0, 0.05) is 38.8 Å². The molecule has 7 nitrogen and oxygen atoms in total. The normalized spacial score (nSPS) is 23.4. The van der Waals surface area contributed by atoms with Crippen molar-refractivity contribution in [2.45, 2.75) is 38.3 Å². The second kappa shape index (κ2) is 12.8. The first kappa shape index (κ1) is 24.4. The van der Waals surface area contributed by atoms with E-state index < -0.39 is 0 Å². The Morgan fingerprint density at radius 1 is 1.17 bits per heavy atom. The van der Waals surface area contributed by atoms with Gasteiger partial charge in [0.15, 0.2) is 5.96 Å². The molecule has 166 valence electrons. The molecular formula is C21H39IN6O. The van der Waals surface area contributed by atoms with E-state index >= 15 is 0 Å². The molecule has 2 N–H and O–H groups in total. The number of piperazine rings is 1. The molecule has 1 aromatic heterocycles. The predicted molar refractivity (Wildman–Crippen MR) is 130 cm³/mol. The monoisotopic (exact) mass is 518 g/mol. The smallest absolute Gasteiger partial charge is 0.191 e. The highest BCUT2D eigenvalue weighted by Crippen LogP contribution is 2.25. The number of furan rings is 1. The molecule has 2 aliphatic heterocycles. The van der Waals surface area contributed by atoms with Gasteiger partial charge in [-0.2, -0.15) is 0 Å². The Hall–Kier alpha value is -0.840. The molecule has 2 atom stereocenters. The van der Waals surface area contributed by atoms with Crippen LogP contribution >= 0.6 is 24.0 Å². The van der Waals surface area contributed by atoms with Gasteiger partial charge in [-0.25, -0.2) is 0 Å². The van der Waals surface area contributed by atoms with Gasteiger partial charge in [0.05, 0.1) is 18.8 Å². The zero-order valence-electron chi connectivity index (χ0n) is 18.3. The average molecular weight is 518 g/mol. The lowest BCUT2D eigenvalue weighted by Gasteiger charge is -2.38. The molecule has 2 aliphatic rings. The molecule has 1 aromatic rings. The van der Waals surface area contributed by atoms with Crippen LogP contribution in [0, 0.1) is 0 Å². The van der Waals surface area contributed by atoms with Crippen LogP contribution in [0.1, 0.15) is 38.0 Å². The minimum Gasteiger partial charge on any atom is -0.468 e. The van der Waals surface area contributed by atoms with Crippen LogP contribution in [0.15, 0.2) is 27.8 Å². The number of nitrogens with zero attached hydrogens (tertiary/aromatic N) is 4. The van der Waals surface area contributed by atoms with E-state index in [2.05, 4.69) is 52.4 Å². The van der Waals surface area contributed by atoms with Gasteiger partial charge in [-0.05, 0) is 59.1 Å². The highest BCUT2D eigenvalue weighted by atomic mass is 127. The van der Waals surface area contributed by atoms with Crippen molar-refractivity contribution in [3.8, 4) is 0 Å². The fourth-order valence-electron chi connectivity index (χ4n) is 4.15. The number of aliphatic imine (C=N–C) groups is 1. The van der Waals surface area contributed by atoms with Crippen molar-refractivity contribution in [3.63, 3.8) is 0 Å². The maximum Gasteiger partial charge on any atom is 0.191 e. The van der Waals surface area contributed by atoms with E-state index in [0.717, 1.165) is 57.5 Å². The van der Waals surface area contributed by atoms with Crippen molar-refractivity contribution in [2.24, 2.45) is 4.99 Å². The van der Waals surface area contributed by atoms with Gasteiger partial charge in [-0.3, -0.25) is 14.8 Å². The molecule has 0 bridgehead atoms. The predicted octanol–water partition coefficient (Wildman–Crippen LogP) is 2.23. The summed E-state index contributed by atoms with van der Waals surface area (Å²) >= 11 is 0. The summed E-state index contributed by atoms with van der Waals surface area (Å²) in [7, 11) is 4.42. The van der Waals surface area contributed by atoms with Crippen molar-refractivity contribution >= 4 is 29.9 Å². The molecule has 8 heteroatoms. The summed E-state index contributed by atoms with van der Waals surface area (Å²) in [6.07, 6.45) is 5.63. The summed E-state index contributed by atoms with van der Waals surface area (Å²) in [4.78, 5) is 12.3. The Kier molecular flexibility index (Phi) is 10.8. The number of nitrogens with one attached hydrogen (secondary N) is 2. The largest absolute Gasteiger partial charge is 0.468 e. The minimum absolute atomic E-state index is 0. The van der Waals surface area contributed by atoms with E-state index in [1.165, 1.54) is 19.3 Å². The van der Waals surface area contributed by atoms with E-state index in [9.17, 15) is 0 Å². The summed E-state index contributed by atoms with van der Waals surface area (Å²) in [5.41, 5.74) is 0. The molecular weight excluding hydrogens is 479 g/mol. The molecule has 0 saturated carbocycles. The Balaban J connectivity index is 0.00000300. The van der Waals surface area contributed by atoms with Crippen molar-refractivity contribution in [1.82, 2.24) is 25.3 Å². The van der Waals surface area contributed by atoms with Crippen molar-refractivity contribution in [2.75, 3.05) is 66.5 Å². The SMILES string of the molecule is CCNC(=NCC(c1ccco1)N1CCCCC1)NCC1CN(C)CCN1C.I. The van der Waals surface area contributed by atoms with Crippen LogP contribution < -0.4 is 10.6 Å².